The Hall–Kier alpha value is -2.05. The maximum Gasteiger partial charge on any atom is 0.238 e. The molecule has 21 heavy (non-hydrogen) atoms. The summed E-state index contributed by atoms with van der Waals surface area (Å²) < 4.78 is 27.9. The highest BCUT2D eigenvalue weighted by Crippen LogP contribution is 2.14. The number of nitrogens with two attached hydrogens (primary N) is 1. The van der Waals surface area contributed by atoms with E-state index in [-0.39, 0.29) is 4.90 Å². The van der Waals surface area contributed by atoms with Crippen LogP contribution in [-0.4, -0.2) is 21.6 Å². The lowest BCUT2D eigenvalue weighted by atomic mass is 10.2. The number of primary sulfonamides is 1. The van der Waals surface area contributed by atoms with Crippen LogP contribution in [0, 0.1) is 6.92 Å². The van der Waals surface area contributed by atoms with Crippen molar-refractivity contribution >= 4 is 15.7 Å². The monoisotopic (exact) mass is 306 g/mol. The maximum absolute atomic E-state index is 11.1. The van der Waals surface area contributed by atoms with Crippen LogP contribution in [0.4, 0.5) is 5.69 Å². The van der Waals surface area contributed by atoms with Gasteiger partial charge in [-0.15, -0.1) is 0 Å². The average molecular weight is 306 g/mol. The van der Waals surface area contributed by atoms with Gasteiger partial charge in [0.25, 0.3) is 0 Å². The van der Waals surface area contributed by atoms with Gasteiger partial charge in [-0.2, -0.15) is 0 Å². The van der Waals surface area contributed by atoms with E-state index < -0.39 is 10.0 Å². The van der Waals surface area contributed by atoms with Gasteiger partial charge >= 0.3 is 0 Å². The van der Waals surface area contributed by atoms with Crippen LogP contribution in [0.5, 0.6) is 5.75 Å². The van der Waals surface area contributed by atoms with Gasteiger partial charge in [-0.1, -0.05) is 12.1 Å². The highest BCUT2D eigenvalue weighted by Gasteiger charge is 2.06. The van der Waals surface area contributed by atoms with Gasteiger partial charge in [-0.25, -0.2) is 13.6 Å². The Bertz CT molecular complexity index is 697. The number of ether oxygens (including phenoxy) is 1. The Balaban J connectivity index is 1.81. The van der Waals surface area contributed by atoms with Crippen molar-refractivity contribution in [1.82, 2.24) is 0 Å². The molecule has 0 saturated heterocycles. The summed E-state index contributed by atoms with van der Waals surface area (Å²) in [5.41, 5.74) is 1.97. The van der Waals surface area contributed by atoms with Gasteiger partial charge in [0, 0.05) is 12.2 Å². The third-order valence-electron chi connectivity index (χ3n) is 2.87. The predicted molar refractivity (Wildman–Crippen MR) is 83.0 cm³/mol. The fourth-order valence-corrected chi connectivity index (χ4v) is 2.35. The van der Waals surface area contributed by atoms with Crippen LogP contribution in [0.2, 0.25) is 0 Å². The summed E-state index contributed by atoms with van der Waals surface area (Å²) in [6.45, 7) is 3.14. The molecule has 112 valence electrons. The first-order valence-corrected chi connectivity index (χ1v) is 8.06. The summed E-state index contributed by atoms with van der Waals surface area (Å²) in [4.78, 5) is 0.101. The number of hydrogen-bond acceptors (Lipinski definition) is 4. The standard InChI is InChI=1S/C15H18N2O3S/c1-12-3-2-4-14(11-12)20-10-9-17-13-5-7-15(8-6-13)21(16,18)19/h2-8,11,17H,9-10H2,1H3,(H2,16,18,19). The molecule has 0 radical (unpaired) electrons. The van der Waals surface area contributed by atoms with Gasteiger partial charge in [0.05, 0.1) is 4.90 Å². The number of rotatable bonds is 6. The number of aryl methyl sites for hydroxylation is 1. The molecular weight excluding hydrogens is 288 g/mol. The Morgan fingerprint density at radius 3 is 2.48 bits per heavy atom. The molecule has 0 amide bonds. The minimum atomic E-state index is -3.64. The van der Waals surface area contributed by atoms with Crippen molar-refractivity contribution in [3.8, 4) is 5.75 Å². The second kappa shape index (κ2) is 6.60. The molecule has 2 aromatic rings. The Morgan fingerprint density at radius 1 is 1.14 bits per heavy atom. The quantitative estimate of drug-likeness (QED) is 0.801. The number of benzene rings is 2. The summed E-state index contributed by atoms with van der Waals surface area (Å²) in [6, 6.07) is 14.1. The van der Waals surface area contributed by atoms with E-state index in [4.69, 9.17) is 9.88 Å². The number of nitrogens with one attached hydrogen (secondary N) is 1. The van der Waals surface area contributed by atoms with Crippen molar-refractivity contribution in [2.24, 2.45) is 5.14 Å². The number of sulfonamides is 1. The van der Waals surface area contributed by atoms with E-state index in [1.807, 2.05) is 31.2 Å². The van der Waals surface area contributed by atoms with Gasteiger partial charge in [-0.3, -0.25) is 0 Å². The predicted octanol–water partition coefficient (Wildman–Crippen LogP) is 2.13. The highest BCUT2D eigenvalue weighted by atomic mass is 32.2. The maximum atomic E-state index is 11.1. The topological polar surface area (TPSA) is 81.4 Å². The van der Waals surface area contributed by atoms with E-state index >= 15 is 0 Å². The molecule has 3 N–H and O–H groups in total. The minimum Gasteiger partial charge on any atom is -0.492 e. The molecule has 0 aliphatic rings. The third kappa shape index (κ3) is 4.77. The van der Waals surface area contributed by atoms with E-state index in [9.17, 15) is 8.42 Å². The van der Waals surface area contributed by atoms with E-state index in [1.165, 1.54) is 12.1 Å². The van der Waals surface area contributed by atoms with E-state index in [2.05, 4.69) is 5.32 Å². The molecule has 0 bridgehead atoms. The third-order valence-corrected chi connectivity index (χ3v) is 3.80. The van der Waals surface area contributed by atoms with Crippen molar-refractivity contribution in [1.29, 1.82) is 0 Å². The van der Waals surface area contributed by atoms with Crippen molar-refractivity contribution in [3.05, 3.63) is 54.1 Å². The lowest BCUT2D eigenvalue weighted by Crippen LogP contribution is -2.13. The molecule has 0 aliphatic heterocycles. The summed E-state index contributed by atoms with van der Waals surface area (Å²) >= 11 is 0. The molecular formula is C15H18N2O3S. The zero-order chi connectivity index (χ0) is 15.3. The van der Waals surface area contributed by atoms with Gasteiger partial charge in [0.15, 0.2) is 0 Å². The summed E-state index contributed by atoms with van der Waals surface area (Å²) in [5.74, 6) is 0.835. The van der Waals surface area contributed by atoms with E-state index in [0.29, 0.717) is 13.2 Å². The SMILES string of the molecule is Cc1cccc(OCCNc2ccc(S(N)(=O)=O)cc2)c1. The van der Waals surface area contributed by atoms with Crippen molar-refractivity contribution in [3.63, 3.8) is 0 Å². The molecule has 0 spiro atoms. The normalized spacial score (nSPS) is 11.1. The zero-order valence-corrected chi connectivity index (χ0v) is 12.6. The highest BCUT2D eigenvalue weighted by molar-refractivity contribution is 7.89. The van der Waals surface area contributed by atoms with Crippen molar-refractivity contribution < 1.29 is 13.2 Å². The molecule has 0 aromatic heterocycles. The van der Waals surface area contributed by atoms with Crippen LogP contribution >= 0.6 is 0 Å². The molecule has 0 atom stereocenters. The van der Waals surface area contributed by atoms with Gasteiger partial charge in [0.2, 0.25) is 10.0 Å². The van der Waals surface area contributed by atoms with Gasteiger partial charge in [-0.05, 0) is 48.9 Å². The average Bonchev–Trinajstić information content (AvgIpc) is 2.43. The molecule has 0 heterocycles. The Labute approximate surface area is 124 Å². The molecule has 5 nitrogen and oxygen atoms in total. The van der Waals surface area contributed by atoms with Crippen LogP contribution in [0.15, 0.2) is 53.4 Å². The van der Waals surface area contributed by atoms with Gasteiger partial charge in [0.1, 0.15) is 12.4 Å². The largest absolute Gasteiger partial charge is 0.492 e. The molecule has 6 heteroatoms. The molecule has 0 aliphatic carbocycles. The summed E-state index contributed by atoms with van der Waals surface area (Å²) in [7, 11) is -3.64. The molecule has 0 fully saturated rings. The fraction of sp³-hybridized carbons (Fsp3) is 0.200. The Morgan fingerprint density at radius 2 is 1.86 bits per heavy atom. The second-order valence-electron chi connectivity index (χ2n) is 4.66. The van der Waals surface area contributed by atoms with Crippen LogP contribution in [0.3, 0.4) is 0 Å². The number of hydrogen-bond donors (Lipinski definition) is 2. The number of anilines is 1. The van der Waals surface area contributed by atoms with E-state index in [0.717, 1.165) is 17.0 Å². The fourth-order valence-electron chi connectivity index (χ4n) is 1.83. The zero-order valence-electron chi connectivity index (χ0n) is 11.7. The Kier molecular flexibility index (Phi) is 4.82. The molecule has 2 aromatic carbocycles. The first-order valence-electron chi connectivity index (χ1n) is 6.51. The van der Waals surface area contributed by atoms with Crippen LogP contribution in [0.25, 0.3) is 0 Å². The van der Waals surface area contributed by atoms with Crippen LogP contribution < -0.4 is 15.2 Å². The first-order chi connectivity index (χ1) is 9.95. The van der Waals surface area contributed by atoms with Crippen LogP contribution in [0.1, 0.15) is 5.56 Å². The molecule has 0 unspecified atom stereocenters. The minimum absolute atomic E-state index is 0.101. The first kappa shape index (κ1) is 15.3. The smallest absolute Gasteiger partial charge is 0.238 e. The summed E-state index contributed by atoms with van der Waals surface area (Å²) in [5, 5.41) is 8.18. The molecule has 2 rings (SSSR count). The van der Waals surface area contributed by atoms with Crippen molar-refractivity contribution in [2.45, 2.75) is 11.8 Å². The van der Waals surface area contributed by atoms with E-state index in [1.54, 1.807) is 12.1 Å². The second-order valence-corrected chi connectivity index (χ2v) is 6.22. The lowest BCUT2D eigenvalue weighted by Gasteiger charge is -2.09. The van der Waals surface area contributed by atoms with Gasteiger partial charge < -0.3 is 10.1 Å². The van der Waals surface area contributed by atoms with Crippen molar-refractivity contribution in [2.75, 3.05) is 18.5 Å². The molecule has 0 saturated carbocycles. The lowest BCUT2D eigenvalue weighted by molar-refractivity contribution is 0.332. The summed E-state index contributed by atoms with van der Waals surface area (Å²) in [6.07, 6.45) is 0. The van der Waals surface area contributed by atoms with Crippen LogP contribution in [-0.2, 0) is 10.0 Å².